The van der Waals surface area contributed by atoms with Crippen LogP contribution in [0.1, 0.15) is 25.7 Å². The molecule has 1 aromatic rings. The van der Waals surface area contributed by atoms with Gasteiger partial charge < -0.3 is 10.2 Å². The minimum absolute atomic E-state index is 0.385. The number of hydrogen-bond donors (Lipinski definition) is 1. The zero-order valence-corrected chi connectivity index (χ0v) is 9.95. The number of aromatic nitrogens is 2. The van der Waals surface area contributed by atoms with Gasteiger partial charge in [-0.05, 0) is 12.8 Å². The maximum atomic E-state index is 4.50. The molecular weight excluding hydrogens is 200 g/mol. The molecule has 2 heterocycles. The van der Waals surface area contributed by atoms with Crippen molar-refractivity contribution in [2.45, 2.75) is 31.2 Å². The Morgan fingerprint density at radius 3 is 2.88 bits per heavy atom. The number of piperazine rings is 1. The fourth-order valence-electron chi connectivity index (χ4n) is 3.11. The third kappa shape index (κ3) is 1.71. The van der Waals surface area contributed by atoms with Crippen molar-refractivity contribution >= 4 is 5.82 Å². The van der Waals surface area contributed by atoms with E-state index in [1.54, 1.807) is 0 Å². The van der Waals surface area contributed by atoms with E-state index in [0.29, 0.717) is 5.54 Å². The predicted molar refractivity (Wildman–Crippen MR) is 64.6 cm³/mol. The Bertz CT molecular complexity index is 365. The van der Waals surface area contributed by atoms with Gasteiger partial charge in [-0.2, -0.15) is 5.10 Å². The van der Waals surface area contributed by atoms with E-state index in [1.165, 1.54) is 25.7 Å². The molecule has 4 nitrogen and oxygen atoms in total. The molecule has 0 aromatic carbocycles. The highest BCUT2D eigenvalue weighted by atomic mass is 15.4. The summed E-state index contributed by atoms with van der Waals surface area (Å²) in [4.78, 5) is 2.43. The molecule has 4 heteroatoms. The molecule has 1 N–H and O–H groups in total. The molecule has 2 aliphatic rings. The molecular formula is C12H20N4. The summed E-state index contributed by atoms with van der Waals surface area (Å²) in [5.74, 6) is 1.13. The van der Waals surface area contributed by atoms with Crippen molar-refractivity contribution in [2.75, 3.05) is 24.5 Å². The van der Waals surface area contributed by atoms with E-state index in [1.807, 2.05) is 17.9 Å². The molecule has 16 heavy (non-hydrogen) atoms. The Hall–Kier alpha value is -1.03. The Morgan fingerprint density at radius 1 is 1.38 bits per heavy atom. The molecule has 1 aromatic heterocycles. The van der Waals surface area contributed by atoms with Crippen LogP contribution in [0, 0.1) is 0 Å². The van der Waals surface area contributed by atoms with Gasteiger partial charge in [0.25, 0.3) is 0 Å². The van der Waals surface area contributed by atoms with E-state index in [-0.39, 0.29) is 0 Å². The van der Waals surface area contributed by atoms with Gasteiger partial charge in [0.1, 0.15) is 0 Å². The third-order valence-corrected chi connectivity index (χ3v) is 3.96. The van der Waals surface area contributed by atoms with Gasteiger partial charge in [-0.25, -0.2) is 0 Å². The average molecular weight is 220 g/mol. The highest BCUT2D eigenvalue weighted by Gasteiger charge is 2.38. The average Bonchev–Trinajstić information content (AvgIpc) is 2.89. The maximum absolute atomic E-state index is 4.50. The summed E-state index contributed by atoms with van der Waals surface area (Å²) in [6, 6.07) is 2.12. The smallest absolute Gasteiger partial charge is 0.150 e. The quantitative estimate of drug-likeness (QED) is 0.770. The summed E-state index contributed by atoms with van der Waals surface area (Å²) in [5.41, 5.74) is 0.385. The number of hydrogen-bond acceptors (Lipinski definition) is 3. The standard InChI is InChI=1S/C12H20N4/c1-15-8-4-11(14-15)16-9-7-13-12(10-16)5-2-3-6-12/h4,8,13H,2-3,5-7,9-10H2,1H3. The summed E-state index contributed by atoms with van der Waals surface area (Å²) in [6.45, 7) is 3.30. The van der Waals surface area contributed by atoms with Crippen LogP contribution in [-0.2, 0) is 7.05 Å². The van der Waals surface area contributed by atoms with E-state index in [9.17, 15) is 0 Å². The molecule has 1 aliphatic carbocycles. The number of aryl methyl sites for hydroxylation is 1. The third-order valence-electron chi connectivity index (χ3n) is 3.96. The van der Waals surface area contributed by atoms with Gasteiger partial charge >= 0.3 is 0 Å². The molecule has 1 saturated heterocycles. The largest absolute Gasteiger partial charge is 0.352 e. The molecule has 1 aliphatic heterocycles. The lowest BCUT2D eigenvalue weighted by atomic mass is 9.94. The number of anilines is 1. The molecule has 0 amide bonds. The monoisotopic (exact) mass is 220 g/mol. The van der Waals surface area contributed by atoms with Gasteiger partial charge in [0.05, 0.1) is 0 Å². The second-order valence-corrected chi connectivity index (χ2v) is 5.18. The normalized spacial score (nSPS) is 24.2. The molecule has 1 spiro atoms. The fraction of sp³-hybridized carbons (Fsp3) is 0.750. The van der Waals surface area contributed by atoms with Gasteiger partial charge in [-0.15, -0.1) is 0 Å². The van der Waals surface area contributed by atoms with Crippen molar-refractivity contribution in [3.8, 4) is 0 Å². The Labute approximate surface area is 96.6 Å². The highest BCUT2D eigenvalue weighted by Crippen LogP contribution is 2.32. The van der Waals surface area contributed by atoms with Crippen LogP contribution in [0.3, 0.4) is 0 Å². The van der Waals surface area contributed by atoms with E-state index in [0.717, 1.165) is 25.5 Å². The van der Waals surface area contributed by atoms with Crippen LogP contribution in [0.4, 0.5) is 5.82 Å². The lowest BCUT2D eigenvalue weighted by Crippen LogP contribution is -2.59. The first kappa shape index (κ1) is 10.1. The van der Waals surface area contributed by atoms with Crippen LogP contribution < -0.4 is 10.2 Å². The molecule has 88 valence electrons. The number of nitrogens with one attached hydrogen (secondary N) is 1. The first-order valence-electron chi connectivity index (χ1n) is 6.27. The van der Waals surface area contributed by atoms with Gasteiger partial charge in [0, 0.05) is 44.5 Å². The highest BCUT2D eigenvalue weighted by molar-refractivity contribution is 5.39. The number of rotatable bonds is 1. The van der Waals surface area contributed by atoms with Gasteiger partial charge in [0.15, 0.2) is 5.82 Å². The van der Waals surface area contributed by atoms with Crippen LogP contribution in [-0.4, -0.2) is 35.0 Å². The topological polar surface area (TPSA) is 33.1 Å². The van der Waals surface area contributed by atoms with Gasteiger partial charge in [-0.3, -0.25) is 4.68 Å². The summed E-state index contributed by atoms with van der Waals surface area (Å²) < 4.78 is 1.89. The van der Waals surface area contributed by atoms with Crippen LogP contribution in [0.15, 0.2) is 12.3 Å². The fourth-order valence-corrected chi connectivity index (χ4v) is 3.11. The van der Waals surface area contributed by atoms with E-state index in [4.69, 9.17) is 0 Å². The Balaban J connectivity index is 1.77. The molecule has 1 saturated carbocycles. The van der Waals surface area contributed by atoms with Gasteiger partial charge in [0.2, 0.25) is 0 Å². The first-order valence-corrected chi connectivity index (χ1v) is 6.27. The zero-order valence-electron chi connectivity index (χ0n) is 9.95. The minimum atomic E-state index is 0.385. The van der Waals surface area contributed by atoms with E-state index in [2.05, 4.69) is 21.4 Å². The Kier molecular flexibility index (Phi) is 2.39. The summed E-state index contributed by atoms with van der Waals surface area (Å²) in [6.07, 6.45) is 7.44. The lowest BCUT2D eigenvalue weighted by molar-refractivity contribution is 0.302. The molecule has 0 atom stereocenters. The number of nitrogens with zero attached hydrogens (tertiary/aromatic N) is 3. The second-order valence-electron chi connectivity index (χ2n) is 5.18. The first-order chi connectivity index (χ1) is 7.77. The van der Waals surface area contributed by atoms with Crippen LogP contribution in [0.5, 0.6) is 0 Å². The minimum Gasteiger partial charge on any atom is -0.352 e. The molecule has 0 bridgehead atoms. The zero-order chi connectivity index (χ0) is 11.0. The molecule has 0 radical (unpaired) electrons. The second kappa shape index (κ2) is 3.77. The maximum Gasteiger partial charge on any atom is 0.150 e. The SMILES string of the molecule is Cn1ccc(N2CCNC3(CCCC3)C2)n1. The van der Waals surface area contributed by atoms with Crippen molar-refractivity contribution in [3.05, 3.63) is 12.3 Å². The lowest BCUT2D eigenvalue weighted by Gasteiger charge is -2.41. The van der Waals surface area contributed by atoms with Crippen molar-refractivity contribution in [1.29, 1.82) is 0 Å². The Morgan fingerprint density at radius 2 is 2.19 bits per heavy atom. The summed E-state index contributed by atoms with van der Waals surface area (Å²) in [5, 5.41) is 8.23. The molecule has 3 rings (SSSR count). The summed E-state index contributed by atoms with van der Waals surface area (Å²) in [7, 11) is 1.98. The van der Waals surface area contributed by atoms with E-state index < -0.39 is 0 Å². The van der Waals surface area contributed by atoms with E-state index >= 15 is 0 Å². The summed E-state index contributed by atoms with van der Waals surface area (Å²) >= 11 is 0. The van der Waals surface area contributed by atoms with Crippen LogP contribution in [0.2, 0.25) is 0 Å². The predicted octanol–water partition coefficient (Wildman–Crippen LogP) is 1.14. The van der Waals surface area contributed by atoms with Crippen molar-refractivity contribution < 1.29 is 0 Å². The van der Waals surface area contributed by atoms with Crippen molar-refractivity contribution in [3.63, 3.8) is 0 Å². The van der Waals surface area contributed by atoms with Crippen molar-refractivity contribution in [1.82, 2.24) is 15.1 Å². The van der Waals surface area contributed by atoms with Gasteiger partial charge in [-0.1, -0.05) is 12.8 Å². The molecule has 2 fully saturated rings. The van der Waals surface area contributed by atoms with Crippen LogP contribution >= 0.6 is 0 Å². The van der Waals surface area contributed by atoms with Crippen molar-refractivity contribution in [2.24, 2.45) is 7.05 Å². The van der Waals surface area contributed by atoms with Crippen LogP contribution in [0.25, 0.3) is 0 Å². The molecule has 0 unspecified atom stereocenters.